The predicted molar refractivity (Wildman–Crippen MR) is 91.3 cm³/mol. The SMILES string of the molecule is CCCCNC(=O)C(=O)Nc1ccc(N(CC)CC)cc1C. The number of anilines is 2. The molecule has 0 radical (unpaired) electrons. The minimum absolute atomic E-state index is 0.530. The van der Waals surface area contributed by atoms with Crippen molar-refractivity contribution in [2.45, 2.75) is 40.5 Å². The molecule has 0 aliphatic heterocycles. The average molecular weight is 305 g/mol. The minimum Gasteiger partial charge on any atom is -0.372 e. The molecule has 0 aliphatic rings. The van der Waals surface area contributed by atoms with Crippen LogP contribution in [0.15, 0.2) is 18.2 Å². The van der Waals surface area contributed by atoms with Gasteiger partial charge in [0.1, 0.15) is 0 Å². The molecule has 0 saturated heterocycles. The number of amides is 2. The molecule has 0 heterocycles. The Labute approximate surface area is 133 Å². The third-order valence-corrected chi connectivity index (χ3v) is 3.61. The Kier molecular flexibility index (Phi) is 7.43. The molecule has 0 atom stereocenters. The second-order valence-electron chi connectivity index (χ2n) is 5.24. The lowest BCUT2D eigenvalue weighted by Crippen LogP contribution is -2.36. The summed E-state index contributed by atoms with van der Waals surface area (Å²) in [7, 11) is 0. The number of hydrogen-bond acceptors (Lipinski definition) is 3. The summed E-state index contributed by atoms with van der Waals surface area (Å²) in [4.78, 5) is 25.8. The van der Waals surface area contributed by atoms with Crippen molar-refractivity contribution in [2.75, 3.05) is 29.9 Å². The van der Waals surface area contributed by atoms with Crippen LogP contribution in [0.3, 0.4) is 0 Å². The van der Waals surface area contributed by atoms with E-state index in [1.807, 2.05) is 32.0 Å². The van der Waals surface area contributed by atoms with Crippen LogP contribution in [0.1, 0.15) is 39.2 Å². The summed E-state index contributed by atoms with van der Waals surface area (Å²) in [6, 6.07) is 5.84. The molecule has 1 aromatic carbocycles. The maximum absolute atomic E-state index is 11.9. The summed E-state index contributed by atoms with van der Waals surface area (Å²) < 4.78 is 0. The van der Waals surface area contributed by atoms with E-state index >= 15 is 0 Å². The number of hydrogen-bond donors (Lipinski definition) is 2. The Morgan fingerprint density at radius 2 is 1.77 bits per heavy atom. The van der Waals surface area contributed by atoms with Crippen LogP contribution < -0.4 is 15.5 Å². The van der Waals surface area contributed by atoms with Gasteiger partial charge in [-0.15, -0.1) is 0 Å². The van der Waals surface area contributed by atoms with Gasteiger partial charge in [0.15, 0.2) is 0 Å². The third-order valence-electron chi connectivity index (χ3n) is 3.61. The Morgan fingerprint density at radius 3 is 2.32 bits per heavy atom. The highest BCUT2D eigenvalue weighted by Crippen LogP contribution is 2.22. The van der Waals surface area contributed by atoms with Gasteiger partial charge in [-0.3, -0.25) is 9.59 Å². The summed E-state index contributed by atoms with van der Waals surface area (Å²) in [5.74, 6) is -1.20. The smallest absolute Gasteiger partial charge is 0.313 e. The highest BCUT2D eigenvalue weighted by Gasteiger charge is 2.14. The molecule has 0 saturated carbocycles. The zero-order valence-corrected chi connectivity index (χ0v) is 14.0. The van der Waals surface area contributed by atoms with Crippen LogP contribution in [0.4, 0.5) is 11.4 Å². The fourth-order valence-electron chi connectivity index (χ4n) is 2.21. The zero-order chi connectivity index (χ0) is 16.5. The van der Waals surface area contributed by atoms with Crippen molar-refractivity contribution in [1.29, 1.82) is 0 Å². The van der Waals surface area contributed by atoms with Gasteiger partial charge in [-0.2, -0.15) is 0 Å². The van der Waals surface area contributed by atoms with Crippen LogP contribution in [0.5, 0.6) is 0 Å². The van der Waals surface area contributed by atoms with Crippen LogP contribution >= 0.6 is 0 Å². The first kappa shape index (κ1) is 18.0. The Morgan fingerprint density at radius 1 is 1.09 bits per heavy atom. The number of nitrogens with one attached hydrogen (secondary N) is 2. The molecule has 1 rings (SSSR count). The number of aryl methyl sites for hydroxylation is 1. The molecule has 22 heavy (non-hydrogen) atoms. The van der Waals surface area contributed by atoms with Gasteiger partial charge in [-0.05, 0) is 51.0 Å². The number of unbranched alkanes of at least 4 members (excludes halogenated alkanes) is 1. The van der Waals surface area contributed by atoms with Crippen LogP contribution in [0, 0.1) is 6.92 Å². The molecule has 1 aromatic rings. The highest BCUT2D eigenvalue weighted by atomic mass is 16.2. The van der Waals surface area contributed by atoms with Gasteiger partial charge < -0.3 is 15.5 Å². The number of carbonyl (C=O) groups excluding carboxylic acids is 2. The first-order valence-electron chi connectivity index (χ1n) is 7.98. The van der Waals surface area contributed by atoms with Crippen molar-refractivity contribution in [3.05, 3.63) is 23.8 Å². The van der Waals surface area contributed by atoms with Crippen LogP contribution in [-0.4, -0.2) is 31.4 Å². The molecular weight excluding hydrogens is 278 g/mol. The quantitative estimate of drug-likeness (QED) is 0.601. The lowest BCUT2D eigenvalue weighted by atomic mass is 10.1. The van der Waals surface area contributed by atoms with E-state index in [1.54, 1.807) is 0 Å². The fraction of sp³-hybridized carbons (Fsp3) is 0.529. The maximum Gasteiger partial charge on any atom is 0.313 e. The number of carbonyl (C=O) groups is 2. The lowest BCUT2D eigenvalue weighted by molar-refractivity contribution is -0.136. The highest BCUT2D eigenvalue weighted by molar-refractivity contribution is 6.39. The average Bonchev–Trinajstić information content (AvgIpc) is 2.51. The molecule has 0 spiro atoms. The topological polar surface area (TPSA) is 61.4 Å². The van der Waals surface area contributed by atoms with Gasteiger partial charge in [0.25, 0.3) is 0 Å². The largest absolute Gasteiger partial charge is 0.372 e. The van der Waals surface area contributed by atoms with Crippen molar-refractivity contribution in [2.24, 2.45) is 0 Å². The minimum atomic E-state index is -0.616. The van der Waals surface area contributed by atoms with Crippen molar-refractivity contribution in [1.82, 2.24) is 5.32 Å². The zero-order valence-electron chi connectivity index (χ0n) is 14.0. The molecule has 5 heteroatoms. The second kappa shape index (κ2) is 9.07. The lowest BCUT2D eigenvalue weighted by Gasteiger charge is -2.22. The molecular formula is C17H27N3O2. The number of nitrogens with zero attached hydrogens (tertiary/aromatic N) is 1. The summed E-state index contributed by atoms with van der Waals surface area (Å²) in [6.07, 6.45) is 1.85. The van der Waals surface area contributed by atoms with Crippen molar-refractivity contribution >= 4 is 23.2 Å². The fourth-order valence-corrected chi connectivity index (χ4v) is 2.21. The Hall–Kier alpha value is -2.04. The van der Waals surface area contributed by atoms with Crippen molar-refractivity contribution in [3.63, 3.8) is 0 Å². The van der Waals surface area contributed by atoms with E-state index < -0.39 is 11.8 Å². The van der Waals surface area contributed by atoms with Crippen LogP contribution in [0.25, 0.3) is 0 Å². The van der Waals surface area contributed by atoms with Gasteiger partial charge in [-0.1, -0.05) is 13.3 Å². The second-order valence-corrected chi connectivity index (χ2v) is 5.24. The van der Waals surface area contributed by atoms with E-state index in [9.17, 15) is 9.59 Å². The molecule has 0 bridgehead atoms. The predicted octanol–water partition coefficient (Wildman–Crippen LogP) is 2.70. The van der Waals surface area contributed by atoms with E-state index in [0.29, 0.717) is 12.2 Å². The van der Waals surface area contributed by atoms with Gasteiger partial charge >= 0.3 is 11.8 Å². The maximum atomic E-state index is 11.9. The third kappa shape index (κ3) is 5.06. The molecule has 0 fully saturated rings. The Bertz CT molecular complexity index is 511. The standard InChI is InChI=1S/C17H27N3O2/c1-5-8-11-18-16(21)17(22)19-15-10-9-14(12-13(15)4)20(6-2)7-3/h9-10,12H,5-8,11H2,1-4H3,(H,18,21)(H,19,22). The molecule has 2 amide bonds. The number of benzene rings is 1. The first-order valence-corrected chi connectivity index (χ1v) is 7.98. The van der Waals surface area contributed by atoms with Gasteiger partial charge in [0, 0.05) is 31.0 Å². The molecule has 0 unspecified atom stereocenters. The molecule has 5 nitrogen and oxygen atoms in total. The van der Waals surface area contributed by atoms with E-state index in [2.05, 4.69) is 29.4 Å². The van der Waals surface area contributed by atoms with Crippen molar-refractivity contribution < 1.29 is 9.59 Å². The van der Waals surface area contributed by atoms with E-state index in [-0.39, 0.29) is 0 Å². The molecule has 0 aliphatic carbocycles. The summed E-state index contributed by atoms with van der Waals surface area (Å²) in [5.41, 5.74) is 2.73. The summed E-state index contributed by atoms with van der Waals surface area (Å²) >= 11 is 0. The summed E-state index contributed by atoms with van der Waals surface area (Å²) in [6.45, 7) is 10.6. The van der Waals surface area contributed by atoms with Gasteiger partial charge in [0.05, 0.1) is 0 Å². The molecule has 0 aromatic heterocycles. The summed E-state index contributed by atoms with van der Waals surface area (Å²) in [5, 5.41) is 5.28. The van der Waals surface area contributed by atoms with Gasteiger partial charge in [-0.25, -0.2) is 0 Å². The van der Waals surface area contributed by atoms with E-state index in [0.717, 1.165) is 37.2 Å². The number of rotatable bonds is 7. The molecule has 2 N–H and O–H groups in total. The molecule has 122 valence electrons. The van der Waals surface area contributed by atoms with Crippen LogP contribution in [-0.2, 0) is 9.59 Å². The Balaban J connectivity index is 2.70. The first-order chi connectivity index (χ1) is 10.5. The normalized spacial score (nSPS) is 10.2. The van der Waals surface area contributed by atoms with Gasteiger partial charge in [0.2, 0.25) is 0 Å². The van der Waals surface area contributed by atoms with E-state index in [1.165, 1.54) is 0 Å². The van der Waals surface area contributed by atoms with Crippen LogP contribution in [0.2, 0.25) is 0 Å². The van der Waals surface area contributed by atoms with E-state index in [4.69, 9.17) is 0 Å². The monoisotopic (exact) mass is 305 g/mol. The van der Waals surface area contributed by atoms with Crippen molar-refractivity contribution in [3.8, 4) is 0 Å².